The molecule has 0 aliphatic carbocycles. The van der Waals surface area contributed by atoms with Gasteiger partial charge in [0.05, 0.1) is 22.2 Å². The zero-order valence-corrected chi connectivity index (χ0v) is 16.6. The molecule has 2 aromatic carbocycles. The van der Waals surface area contributed by atoms with E-state index < -0.39 is 0 Å². The number of aromatic amines is 1. The summed E-state index contributed by atoms with van der Waals surface area (Å²) in [6.07, 6.45) is 3.39. The molecule has 0 bridgehead atoms. The number of pyridine rings is 1. The first-order chi connectivity index (χ1) is 14.6. The molecule has 0 saturated heterocycles. The van der Waals surface area contributed by atoms with E-state index >= 15 is 0 Å². The highest BCUT2D eigenvalue weighted by atomic mass is 16.2. The van der Waals surface area contributed by atoms with Crippen LogP contribution in [0.25, 0.3) is 21.8 Å². The number of nitrogens with zero attached hydrogens (tertiary/aromatic N) is 2. The Kier molecular flexibility index (Phi) is 4.28. The number of rotatable bonds is 5. The van der Waals surface area contributed by atoms with E-state index in [1.807, 2.05) is 25.3 Å². The molecule has 1 N–H and O–H groups in total. The van der Waals surface area contributed by atoms with E-state index in [2.05, 4.69) is 9.55 Å². The van der Waals surface area contributed by atoms with Crippen LogP contribution in [0, 0.1) is 6.92 Å². The Morgan fingerprint density at radius 3 is 2.27 bits per heavy atom. The largest absolute Gasteiger partial charge is 0.364 e. The number of H-pyrrole nitrogens is 1. The Labute approximate surface area is 172 Å². The predicted octanol–water partition coefficient (Wildman–Crippen LogP) is 3.87. The van der Waals surface area contributed by atoms with E-state index in [-0.39, 0.29) is 17.2 Å². The molecule has 6 heteroatoms. The third-order valence-corrected chi connectivity index (χ3v) is 5.87. The number of amides is 2. The number of aromatic nitrogens is 2. The van der Waals surface area contributed by atoms with Crippen LogP contribution in [0.2, 0.25) is 0 Å². The summed E-state index contributed by atoms with van der Waals surface area (Å²) in [6.45, 7) is 3.11. The first-order valence-corrected chi connectivity index (χ1v) is 10.1. The molecule has 6 nitrogen and oxygen atoms in total. The van der Waals surface area contributed by atoms with Gasteiger partial charge >= 0.3 is 0 Å². The first-order valence-electron chi connectivity index (χ1n) is 10.1. The van der Waals surface area contributed by atoms with Crippen molar-refractivity contribution in [1.29, 1.82) is 0 Å². The molecule has 0 unspecified atom stereocenters. The van der Waals surface area contributed by atoms with Gasteiger partial charge < -0.3 is 9.55 Å². The zero-order valence-electron chi connectivity index (χ0n) is 16.6. The highest BCUT2D eigenvalue weighted by molar-refractivity contribution is 6.21. The Hall–Kier alpha value is -3.67. The lowest BCUT2D eigenvalue weighted by atomic mass is 10.1. The van der Waals surface area contributed by atoms with Crippen molar-refractivity contribution in [1.82, 2.24) is 14.5 Å². The summed E-state index contributed by atoms with van der Waals surface area (Å²) in [5.41, 5.74) is 3.99. The lowest BCUT2D eigenvalue weighted by Gasteiger charge is -2.14. The number of nitrogens with one attached hydrogen (secondary N) is 1. The molecule has 3 heterocycles. The van der Waals surface area contributed by atoms with Gasteiger partial charge in [-0.1, -0.05) is 12.1 Å². The number of fused-ring (bicyclic) bond motifs is 4. The number of hydrogen-bond donors (Lipinski definition) is 1. The molecular formula is C24H21N3O3. The van der Waals surface area contributed by atoms with E-state index in [4.69, 9.17) is 0 Å². The zero-order chi connectivity index (χ0) is 20.8. The third kappa shape index (κ3) is 2.76. The van der Waals surface area contributed by atoms with Crippen molar-refractivity contribution < 1.29 is 9.59 Å². The topological polar surface area (TPSA) is 75.2 Å². The van der Waals surface area contributed by atoms with Gasteiger partial charge in [-0.15, -0.1) is 0 Å². The van der Waals surface area contributed by atoms with Crippen molar-refractivity contribution in [3.05, 3.63) is 81.8 Å². The molecule has 0 fully saturated rings. The van der Waals surface area contributed by atoms with Crippen LogP contribution >= 0.6 is 0 Å². The van der Waals surface area contributed by atoms with Gasteiger partial charge in [-0.2, -0.15) is 0 Å². The number of unbranched alkanes of at least 4 members (excludes halogenated alkanes) is 1. The lowest BCUT2D eigenvalue weighted by Crippen LogP contribution is -2.30. The van der Waals surface area contributed by atoms with Crippen LogP contribution in [0.15, 0.2) is 59.5 Å². The molecule has 1 aliphatic heterocycles. The van der Waals surface area contributed by atoms with Crippen LogP contribution in [-0.4, -0.2) is 32.8 Å². The molecule has 0 radical (unpaired) electrons. The highest BCUT2D eigenvalue weighted by Gasteiger charge is 2.34. The average Bonchev–Trinajstić information content (AvgIpc) is 3.19. The second kappa shape index (κ2) is 6.99. The van der Waals surface area contributed by atoms with Crippen molar-refractivity contribution in [3.63, 3.8) is 0 Å². The van der Waals surface area contributed by atoms with E-state index in [0.29, 0.717) is 30.6 Å². The van der Waals surface area contributed by atoms with Crippen molar-refractivity contribution in [2.45, 2.75) is 26.3 Å². The molecular weight excluding hydrogens is 378 g/mol. The van der Waals surface area contributed by atoms with Crippen molar-refractivity contribution in [3.8, 4) is 0 Å². The number of carbonyl (C=O) groups excluding carboxylic acids is 2. The number of benzene rings is 2. The third-order valence-electron chi connectivity index (χ3n) is 5.87. The average molecular weight is 399 g/mol. The monoisotopic (exact) mass is 399 g/mol. The summed E-state index contributed by atoms with van der Waals surface area (Å²) in [5.74, 6) is -0.428. The van der Waals surface area contributed by atoms with Crippen LogP contribution in [0.4, 0.5) is 0 Å². The summed E-state index contributed by atoms with van der Waals surface area (Å²) in [5, 5.41) is 2.17. The summed E-state index contributed by atoms with van der Waals surface area (Å²) in [7, 11) is 0. The van der Waals surface area contributed by atoms with Crippen LogP contribution in [0.1, 0.15) is 39.3 Å². The number of carbonyl (C=O) groups is 2. The Morgan fingerprint density at radius 1 is 0.833 bits per heavy atom. The van der Waals surface area contributed by atoms with Crippen molar-refractivity contribution in [2.75, 3.05) is 6.54 Å². The molecule has 30 heavy (non-hydrogen) atoms. The second-order valence-electron chi connectivity index (χ2n) is 7.71. The van der Waals surface area contributed by atoms with Gasteiger partial charge in [0.2, 0.25) is 0 Å². The maximum Gasteiger partial charge on any atom is 0.261 e. The maximum atomic E-state index is 12.5. The Balaban J connectivity index is 1.37. The van der Waals surface area contributed by atoms with Gasteiger partial charge in [-0.05, 0) is 50.1 Å². The minimum absolute atomic E-state index is 0.0146. The summed E-state index contributed by atoms with van der Waals surface area (Å²) < 4.78 is 2.17. The van der Waals surface area contributed by atoms with Gasteiger partial charge in [0.1, 0.15) is 0 Å². The maximum absolute atomic E-state index is 12.5. The summed E-state index contributed by atoms with van der Waals surface area (Å²) in [4.78, 5) is 41.6. The van der Waals surface area contributed by atoms with E-state index in [1.54, 1.807) is 36.4 Å². The summed E-state index contributed by atoms with van der Waals surface area (Å²) in [6, 6.07) is 14.2. The van der Waals surface area contributed by atoms with Crippen LogP contribution < -0.4 is 5.43 Å². The second-order valence-corrected chi connectivity index (χ2v) is 7.71. The number of aryl methyl sites for hydroxylation is 2. The van der Waals surface area contributed by atoms with Crippen LogP contribution in [0.5, 0.6) is 0 Å². The molecule has 150 valence electrons. The number of hydrogen-bond acceptors (Lipinski definition) is 3. The smallest absolute Gasteiger partial charge is 0.261 e. The van der Waals surface area contributed by atoms with E-state index in [9.17, 15) is 14.4 Å². The highest BCUT2D eigenvalue weighted by Crippen LogP contribution is 2.30. The fraction of sp³-hybridized carbons (Fsp3) is 0.208. The van der Waals surface area contributed by atoms with Gasteiger partial charge in [-0.3, -0.25) is 19.3 Å². The molecule has 0 atom stereocenters. The van der Waals surface area contributed by atoms with E-state index in [0.717, 1.165) is 33.9 Å². The summed E-state index contributed by atoms with van der Waals surface area (Å²) >= 11 is 0. The van der Waals surface area contributed by atoms with Gasteiger partial charge in [0, 0.05) is 41.8 Å². The molecule has 0 spiro atoms. The van der Waals surface area contributed by atoms with Crippen molar-refractivity contribution in [2.24, 2.45) is 0 Å². The molecule has 4 aromatic rings. The normalized spacial score (nSPS) is 13.6. The Morgan fingerprint density at radius 2 is 1.53 bits per heavy atom. The minimum Gasteiger partial charge on any atom is -0.364 e. The van der Waals surface area contributed by atoms with Gasteiger partial charge in [-0.25, -0.2) is 0 Å². The van der Waals surface area contributed by atoms with Gasteiger partial charge in [0.25, 0.3) is 11.8 Å². The first kappa shape index (κ1) is 18.4. The quantitative estimate of drug-likeness (QED) is 0.409. The minimum atomic E-state index is -0.214. The molecule has 1 aliphatic rings. The predicted molar refractivity (Wildman–Crippen MR) is 116 cm³/mol. The number of imide groups is 1. The SMILES string of the molecule is Cc1[nH]ccc2c3ccc(=O)cc3n(CCCCN3C(=O)c4ccccc4C3=O)c12. The van der Waals surface area contributed by atoms with Crippen LogP contribution in [-0.2, 0) is 6.54 Å². The van der Waals surface area contributed by atoms with Crippen LogP contribution in [0.3, 0.4) is 0 Å². The Bertz CT molecular complexity index is 1340. The van der Waals surface area contributed by atoms with E-state index in [1.165, 1.54) is 4.90 Å². The fourth-order valence-electron chi connectivity index (χ4n) is 4.46. The molecule has 2 amide bonds. The molecule has 0 saturated carbocycles. The van der Waals surface area contributed by atoms with Crippen molar-refractivity contribution >= 4 is 33.6 Å². The lowest BCUT2D eigenvalue weighted by molar-refractivity contribution is 0.0651. The molecule has 5 rings (SSSR count). The van der Waals surface area contributed by atoms with Gasteiger partial charge in [0.15, 0.2) is 5.43 Å². The fourth-order valence-corrected chi connectivity index (χ4v) is 4.46. The standard InChI is InChI=1S/C24H21N3O3/c1-15-22-18(10-11-25-15)17-9-8-16(28)14-21(17)26(22)12-4-5-13-27-23(29)19-6-2-3-7-20(19)24(27)30/h2-3,6-11,14,25H,4-5,12-13H2,1H3. The molecule has 2 aromatic heterocycles.